The first kappa shape index (κ1) is 15.4. The van der Waals surface area contributed by atoms with Crippen LogP contribution in [0.15, 0.2) is 22.6 Å². The molecule has 0 saturated carbocycles. The minimum Gasteiger partial charge on any atom is -0.481 e. The van der Waals surface area contributed by atoms with Gasteiger partial charge in [-0.05, 0) is 38.0 Å². The van der Waals surface area contributed by atoms with E-state index in [0.717, 1.165) is 12.2 Å². The summed E-state index contributed by atoms with van der Waals surface area (Å²) in [6.45, 7) is 4.59. The summed E-state index contributed by atoms with van der Waals surface area (Å²) in [7, 11) is 0. The van der Waals surface area contributed by atoms with E-state index < -0.39 is 11.4 Å². The molecule has 1 unspecified atom stereocenters. The Bertz CT molecular complexity index is 560. The van der Waals surface area contributed by atoms with Crippen molar-refractivity contribution in [2.75, 3.05) is 13.1 Å². The topological polar surface area (TPSA) is 70.8 Å². The molecule has 0 aliphatic carbocycles. The van der Waals surface area contributed by atoms with Gasteiger partial charge >= 0.3 is 5.97 Å². The third-order valence-electron chi connectivity index (χ3n) is 4.00. The van der Waals surface area contributed by atoms with Crippen LogP contribution in [0.2, 0.25) is 0 Å². The fourth-order valence-electron chi connectivity index (χ4n) is 2.83. The smallest absolute Gasteiger partial charge is 0.311 e. The van der Waals surface area contributed by atoms with Crippen LogP contribution in [-0.2, 0) is 9.59 Å². The fourth-order valence-corrected chi connectivity index (χ4v) is 2.83. The van der Waals surface area contributed by atoms with Crippen LogP contribution in [0.5, 0.6) is 0 Å². The van der Waals surface area contributed by atoms with Gasteiger partial charge in [0.25, 0.3) is 0 Å². The maximum absolute atomic E-state index is 12.1. The van der Waals surface area contributed by atoms with Crippen molar-refractivity contribution in [3.05, 3.63) is 29.7 Å². The van der Waals surface area contributed by atoms with Crippen LogP contribution < -0.4 is 0 Å². The molecule has 2 heterocycles. The van der Waals surface area contributed by atoms with Gasteiger partial charge < -0.3 is 14.4 Å². The lowest BCUT2D eigenvalue weighted by atomic mass is 9.83. The van der Waals surface area contributed by atoms with E-state index in [-0.39, 0.29) is 12.5 Å². The molecule has 1 aliphatic heterocycles. The largest absolute Gasteiger partial charge is 0.481 e. The Balaban J connectivity index is 2.01. The highest BCUT2D eigenvalue weighted by molar-refractivity contribution is 5.92. The second-order valence-electron chi connectivity index (χ2n) is 5.63. The number of aryl methyl sites for hydroxylation is 1. The second kappa shape index (κ2) is 6.16. The highest BCUT2D eigenvalue weighted by Crippen LogP contribution is 2.35. The number of hydrogen-bond donors (Lipinski definition) is 1. The summed E-state index contributed by atoms with van der Waals surface area (Å²) >= 11 is 0. The van der Waals surface area contributed by atoms with Gasteiger partial charge in [0, 0.05) is 19.2 Å². The molecular weight excluding hydrogens is 270 g/mol. The van der Waals surface area contributed by atoms with Crippen molar-refractivity contribution in [1.82, 2.24) is 4.90 Å². The third-order valence-corrected chi connectivity index (χ3v) is 4.00. The monoisotopic (exact) mass is 291 g/mol. The van der Waals surface area contributed by atoms with Crippen LogP contribution in [0.25, 0.3) is 6.08 Å². The Hall–Kier alpha value is -2.04. The zero-order chi connectivity index (χ0) is 15.5. The highest BCUT2D eigenvalue weighted by atomic mass is 16.4. The highest BCUT2D eigenvalue weighted by Gasteiger charge is 2.44. The number of likely N-dealkylation sites (tertiary alicyclic amines) is 1. The minimum atomic E-state index is -0.801. The van der Waals surface area contributed by atoms with Gasteiger partial charge in [0.2, 0.25) is 5.91 Å². The van der Waals surface area contributed by atoms with Crippen molar-refractivity contribution in [2.24, 2.45) is 5.41 Å². The number of hydrogen-bond acceptors (Lipinski definition) is 3. The number of carboxylic acids is 1. The van der Waals surface area contributed by atoms with E-state index in [2.05, 4.69) is 0 Å². The molecule has 2 rings (SSSR count). The maximum atomic E-state index is 12.1. The SMILES string of the molecule is CCCC1(C(=O)O)CCN(C(=O)C=Cc2ccc(C)o2)C1. The molecule has 1 aromatic heterocycles. The molecule has 1 N–H and O–H groups in total. The Labute approximate surface area is 124 Å². The summed E-state index contributed by atoms with van der Waals surface area (Å²) in [5.41, 5.74) is -0.778. The summed E-state index contributed by atoms with van der Waals surface area (Å²) in [6.07, 6.45) is 5.00. The fraction of sp³-hybridized carbons (Fsp3) is 0.500. The van der Waals surface area contributed by atoms with Gasteiger partial charge in [-0.15, -0.1) is 0 Å². The van der Waals surface area contributed by atoms with Gasteiger partial charge in [0.05, 0.1) is 5.41 Å². The molecule has 5 nitrogen and oxygen atoms in total. The molecule has 1 aromatic rings. The van der Waals surface area contributed by atoms with Crippen LogP contribution in [0.3, 0.4) is 0 Å². The van der Waals surface area contributed by atoms with E-state index in [1.165, 1.54) is 6.08 Å². The lowest BCUT2D eigenvalue weighted by molar-refractivity contribution is -0.148. The number of amides is 1. The predicted octanol–water partition coefficient (Wildman–Crippen LogP) is 2.70. The number of carboxylic acid groups (broad SMARTS) is 1. The summed E-state index contributed by atoms with van der Waals surface area (Å²) < 4.78 is 5.36. The first-order chi connectivity index (χ1) is 9.97. The first-order valence-corrected chi connectivity index (χ1v) is 7.24. The number of furan rings is 1. The molecule has 114 valence electrons. The van der Waals surface area contributed by atoms with E-state index in [1.54, 1.807) is 17.0 Å². The predicted molar refractivity (Wildman–Crippen MR) is 78.7 cm³/mol. The standard InChI is InChI=1S/C16H21NO4/c1-3-8-16(15(19)20)9-10-17(11-16)14(18)7-6-13-5-4-12(2)21-13/h4-7H,3,8-11H2,1-2H3,(H,19,20). The molecule has 1 atom stereocenters. The molecule has 1 fully saturated rings. The molecule has 0 radical (unpaired) electrons. The zero-order valence-electron chi connectivity index (χ0n) is 12.5. The first-order valence-electron chi connectivity index (χ1n) is 7.24. The number of nitrogens with zero attached hydrogens (tertiary/aromatic N) is 1. The summed E-state index contributed by atoms with van der Waals surface area (Å²) in [5.74, 6) is 0.447. The van der Waals surface area contributed by atoms with Crippen LogP contribution in [0.1, 0.15) is 37.7 Å². The van der Waals surface area contributed by atoms with E-state index in [9.17, 15) is 14.7 Å². The Kier molecular flexibility index (Phi) is 4.50. The van der Waals surface area contributed by atoms with Crippen LogP contribution >= 0.6 is 0 Å². The summed E-state index contributed by atoms with van der Waals surface area (Å²) in [6, 6.07) is 3.62. The summed E-state index contributed by atoms with van der Waals surface area (Å²) in [5, 5.41) is 9.43. The Morgan fingerprint density at radius 1 is 1.48 bits per heavy atom. The molecule has 1 amide bonds. The number of carbonyl (C=O) groups is 2. The average molecular weight is 291 g/mol. The van der Waals surface area contributed by atoms with E-state index in [1.807, 2.05) is 19.9 Å². The lowest BCUT2D eigenvalue weighted by Crippen LogP contribution is -2.36. The van der Waals surface area contributed by atoms with Crippen molar-refractivity contribution >= 4 is 18.0 Å². The van der Waals surface area contributed by atoms with Gasteiger partial charge in [0.1, 0.15) is 11.5 Å². The molecule has 0 spiro atoms. The van der Waals surface area contributed by atoms with Gasteiger partial charge in [-0.2, -0.15) is 0 Å². The minimum absolute atomic E-state index is 0.164. The number of rotatable bonds is 5. The van der Waals surface area contributed by atoms with Crippen molar-refractivity contribution in [1.29, 1.82) is 0 Å². The molecule has 1 saturated heterocycles. The molecule has 0 bridgehead atoms. The zero-order valence-corrected chi connectivity index (χ0v) is 12.5. The molecule has 21 heavy (non-hydrogen) atoms. The summed E-state index contributed by atoms with van der Waals surface area (Å²) in [4.78, 5) is 25.2. The molecule has 1 aliphatic rings. The normalized spacial score (nSPS) is 22.1. The quantitative estimate of drug-likeness (QED) is 0.847. The van der Waals surface area contributed by atoms with E-state index in [0.29, 0.717) is 25.1 Å². The third kappa shape index (κ3) is 3.35. The van der Waals surface area contributed by atoms with E-state index in [4.69, 9.17) is 4.42 Å². The van der Waals surface area contributed by atoms with Crippen molar-refractivity contribution < 1.29 is 19.1 Å². The molecular formula is C16H21NO4. The van der Waals surface area contributed by atoms with Gasteiger partial charge in [-0.1, -0.05) is 13.3 Å². The van der Waals surface area contributed by atoms with Crippen molar-refractivity contribution in [3.8, 4) is 0 Å². The van der Waals surface area contributed by atoms with Crippen LogP contribution in [-0.4, -0.2) is 35.0 Å². The van der Waals surface area contributed by atoms with Crippen LogP contribution in [0, 0.1) is 12.3 Å². The number of carbonyl (C=O) groups excluding carboxylic acids is 1. The van der Waals surface area contributed by atoms with Crippen molar-refractivity contribution in [2.45, 2.75) is 33.1 Å². The van der Waals surface area contributed by atoms with E-state index >= 15 is 0 Å². The van der Waals surface area contributed by atoms with Gasteiger partial charge in [-0.3, -0.25) is 9.59 Å². The Morgan fingerprint density at radius 3 is 2.81 bits per heavy atom. The molecule has 5 heteroatoms. The van der Waals surface area contributed by atoms with Crippen molar-refractivity contribution in [3.63, 3.8) is 0 Å². The Morgan fingerprint density at radius 2 is 2.24 bits per heavy atom. The van der Waals surface area contributed by atoms with Gasteiger partial charge in [0.15, 0.2) is 0 Å². The van der Waals surface area contributed by atoms with Gasteiger partial charge in [-0.25, -0.2) is 0 Å². The maximum Gasteiger partial charge on any atom is 0.311 e. The second-order valence-corrected chi connectivity index (χ2v) is 5.63. The van der Waals surface area contributed by atoms with Crippen LogP contribution in [0.4, 0.5) is 0 Å². The molecule has 0 aromatic carbocycles. The average Bonchev–Trinajstić information content (AvgIpc) is 3.04. The number of aliphatic carboxylic acids is 1. The lowest BCUT2D eigenvalue weighted by Gasteiger charge is -2.23.